The Morgan fingerprint density at radius 3 is 2.40 bits per heavy atom. The summed E-state index contributed by atoms with van der Waals surface area (Å²) in [6.45, 7) is 0. The van der Waals surface area contributed by atoms with Crippen LogP contribution in [0.1, 0.15) is 5.56 Å². The molecule has 0 bridgehead atoms. The highest BCUT2D eigenvalue weighted by atomic mass is 35.5. The first-order valence-electron chi connectivity index (χ1n) is 3.97. The summed E-state index contributed by atoms with van der Waals surface area (Å²) in [5.41, 5.74) is 1.81. The number of aromatic nitrogens is 1. The van der Waals surface area contributed by atoms with Crippen LogP contribution in [0.3, 0.4) is 0 Å². The van der Waals surface area contributed by atoms with Crippen molar-refractivity contribution in [3.63, 3.8) is 0 Å². The molecule has 0 amide bonds. The highest BCUT2D eigenvalue weighted by Crippen LogP contribution is 2.32. The van der Waals surface area contributed by atoms with Gasteiger partial charge in [-0.05, 0) is 6.07 Å². The Morgan fingerprint density at radius 1 is 1.40 bits per heavy atom. The average molecular weight is 240 g/mol. The highest BCUT2D eigenvalue weighted by molar-refractivity contribution is 6.32. The van der Waals surface area contributed by atoms with Crippen LogP contribution in [0.25, 0.3) is 0 Å². The van der Waals surface area contributed by atoms with Crippen LogP contribution in [0, 0.1) is 0 Å². The van der Waals surface area contributed by atoms with Gasteiger partial charge in [-0.15, -0.1) is 0 Å². The van der Waals surface area contributed by atoms with Gasteiger partial charge in [-0.3, -0.25) is 0 Å². The van der Waals surface area contributed by atoms with E-state index in [2.05, 4.69) is 10.4 Å². The normalized spacial score (nSPS) is 11.9. The fourth-order valence-corrected chi connectivity index (χ4v) is 1.10. The molecule has 1 aromatic heterocycles. The molecular weight excluding hydrogens is 231 g/mol. The minimum atomic E-state index is -4.42. The van der Waals surface area contributed by atoms with Gasteiger partial charge in [0.1, 0.15) is 0 Å². The summed E-state index contributed by atoms with van der Waals surface area (Å²) < 4.78 is 36.7. The van der Waals surface area contributed by atoms with Gasteiger partial charge in [0.15, 0.2) is 5.82 Å². The number of nitrogens with one attached hydrogen (secondary N) is 1. The summed E-state index contributed by atoms with van der Waals surface area (Å²) >= 11 is 5.63. The number of hydrazine groups is 1. The van der Waals surface area contributed by atoms with Crippen molar-refractivity contribution in [1.82, 2.24) is 9.99 Å². The van der Waals surface area contributed by atoms with Gasteiger partial charge in [-0.25, -0.2) is 9.99 Å². The number of nitrogens with zero attached hydrogens (tertiary/aromatic N) is 2. The number of alkyl halides is 3. The molecule has 84 valence electrons. The maximum Gasteiger partial charge on any atom is 0.417 e. The molecule has 1 rings (SSSR count). The van der Waals surface area contributed by atoms with Gasteiger partial charge in [0.2, 0.25) is 0 Å². The second-order valence-electron chi connectivity index (χ2n) is 3.06. The Balaban J connectivity index is 2.98. The Labute approximate surface area is 89.8 Å². The number of hydrogen-bond donors (Lipinski definition) is 1. The van der Waals surface area contributed by atoms with Gasteiger partial charge in [-0.2, -0.15) is 13.2 Å². The third-order valence-electron chi connectivity index (χ3n) is 1.50. The second-order valence-corrected chi connectivity index (χ2v) is 3.47. The summed E-state index contributed by atoms with van der Waals surface area (Å²) in [6.07, 6.45) is -3.69. The monoisotopic (exact) mass is 239 g/mol. The van der Waals surface area contributed by atoms with Gasteiger partial charge < -0.3 is 5.43 Å². The lowest BCUT2D eigenvalue weighted by molar-refractivity contribution is -0.137. The molecule has 0 saturated carbocycles. The maximum atomic E-state index is 12.2. The van der Waals surface area contributed by atoms with Crippen molar-refractivity contribution in [2.24, 2.45) is 0 Å². The molecule has 0 atom stereocenters. The zero-order valence-electron chi connectivity index (χ0n) is 8.06. The van der Waals surface area contributed by atoms with Crippen LogP contribution in [0.5, 0.6) is 0 Å². The molecule has 15 heavy (non-hydrogen) atoms. The molecule has 0 unspecified atom stereocenters. The van der Waals surface area contributed by atoms with Crippen molar-refractivity contribution in [3.8, 4) is 0 Å². The summed E-state index contributed by atoms with van der Waals surface area (Å²) in [4.78, 5) is 3.58. The van der Waals surface area contributed by atoms with Gasteiger partial charge in [0.05, 0.1) is 10.6 Å². The smallest absolute Gasteiger partial charge is 0.302 e. The summed E-state index contributed by atoms with van der Waals surface area (Å²) in [7, 11) is 3.35. The van der Waals surface area contributed by atoms with Gasteiger partial charge in [-0.1, -0.05) is 11.6 Å². The Hall–Kier alpha value is -1.01. The molecule has 0 aromatic carbocycles. The number of anilines is 1. The molecule has 0 aliphatic rings. The molecule has 0 aliphatic carbocycles. The molecule has 7 heteroatoms. The topological polar surface area (TPSA) is 28.2 Å². The quantitative estimate of drug-likeness (QED) is 0.805. The lowest BCUT2D eigenvalue weighted by atomic mass is 10.3. The van der Waals surface area contributed by atoms with Gasteiger partial charge in [0.25, 0.3) is 0 Å². The lowest BCUT2D eigenvalue weighted by Crippen LogP contribution is -2.21. The molecule has 0 saturated heterocycles. The molecule has 1 aromatic rings. The van der Waals surface area contributed by atoms with Crippen molar-refractivity contribution in [3.05, 3.63) is 22.8 Å². The van der Waals surface area contributed by atoms with Crippen LogP contribution in [0.15, 0.2) is 12.3 Å². The van der Waals surface area contributed by atoms with E-state index in [0.717, 1.165) is 12.3 Å². The Bertz CT molecular complexity index is 351. The predicted octanol–water partition coefficient (Wildman–Crippen LogP) is 2.64. The van der Waals surface area contributed by atoms with E-state index in [1.165, 1.54) is 5.01 Å². The highest BCUT2D eigenvalue weighted by Gasteiger charge is 2.31. The van der Waals surface area contributed by atoms with Crippen LogP contribution in [0.4, 0.5) is 19.0 Å². The summed E-state index contributed by atoms with van der Waals surface area (Å²) in [5.74, 6) is 0.190. The minimum Gasteiger partial charge on any atom is -0.302 e. The Morgan fingerprint density at radius 2 is 2.00 bits per heavy atom. The first kappa shape index (κ1) is 12.1. The molecule has 0 aliphatic heterocycles. The molecule has 1 heterocycles. The molecule has 0 fully saturated rings. The van der Waals surface area contributed by atoms with Crippen molar-refractivity contribution in [2.75, 3.05) is 19.5 Å². The molecule has 3 nitrogen and oxygen atoms in total. The van der Waals surface area contributed by atoms with Crippen LogP contribution in [-0.4, -0.2) is 24.1 Å². The van der Waals surface area contributed by atoms with Crippen molar-refractivity contribution in [2.45, 2.75) is 6.18 Å². The summed E-state index contributed by atoms with van der Waals surface area (Å²) in [6, 6.07) is 0.834. The van der Waals surface area contributed by atoms with Crippen LogP contribution in [-0.2, 0) is 6.18 Å². The first-order chi connectivity index (χ1) is 6.80. The van der Waals surface area contributed by atoms with Crippen molar-refractivity contribution < 1.29 is 13.2 Å². The largest absolute Gasteiger partial charge is 0.417 e. The third-order valence-corrected chi connectivity index (χ3v) is 1.79. The zero-order valence-corrected chi connectivity index (χ0v) is 8.82. The van der Waals surface area contributed by atoms with E-state index in [1.54, 1.807) is 14.1 Å². The second kappa shape index (κ2) is 4.24. The van der Waals surface area contributed by atoms with E-state index >= 15 is 0 Å². The lowest BCUT2D eigenvalue weighted by Gasteiger charge is -2.14. The van der Waals surface area contributed by atoms with E-state index in [-0.39, 0.29) is 10.8 Å². The first-order valence-corrected chi connectivity index (χ1v) is 4.35. The van der Waals surface area contributed by atoms with Crippen LogP contribution < -0.4 is 5.43 Å². The molecular formula is C8H9ClF3N3. The van der Waals surface area contributed by atoms with Gasteiger partial charge >= 0.3 is 6.18 Å². The van der Waals surface area contributed by atoms with E-state index in [4.69, 9.17) is 11.6 Å². The number of halogens is 4. The van der Waals surface area contributed by atoms with Crippen LogP contribution >= 0.6 is 11.6 Å². The molecule has 0 radical (unpaired) electrons. The average Bonchev–Trinajstić information content (AvgIpc) is 2.05. The van der Waals surface area contributed by atoms with Crippen molar-refractivity contribution >= 4 is 17.4 Å². The fourth-order valence-electron chi connectivity index (χ4n) is 0.887. The number of pyridine rings is 1. The summed E-state index contributed by atoms with van der Waals surface area (Å²) in [5, 5.41) is 1.46. The van der Waals surface area contributed by atoms with Gasteiger partial charge in [0, 0.05) is 20.3 Å². The van der Waals surface area contributed by atoms with E-state index in [0.29, 0.717) is 0 Å². The van der Waals surface area contributed by atoms with E-state index in [1.807, 2.05) is 0 Å². The molecule has 1 N–H and O–H groups in total. The predicted molar refractivity (Wildman–Crippen MR) is 51.6 cm³/mol. The zero-order chi connectivity index (χ0) is 11.6. The van der Waals surface area contributed by atoms with E-state index < -0.39 is 11.7 Å². The van der Waals surface area contributed by atoms with Crippen LogP contribution in [0.2, 0.25) is 5.02 Å². The Kier molecular flexibility index (Phi) is 3.41. The third kappa shape index (κ3) is 3.24. The SMILES string of the molecule is CN(C)Nc1ncc(C(F)(F)F)cc1Cl. The minimum absolute atomic E-state index is 0.0708. The standard InChI is InChI=1S/C8H9ClF3N3/c1-15(2)14-7-6(9)3-5(4-13-7)8(10,11)12/h3-4H,1-2H3,(H,13,14). The fraction of sp³-hybridized carbons (Fsp3) is 0.375. The number of hydrogen-bond acceptors (Lipinski definition) is 3. The molecule has 0 spiro atoms. The van der Waals surface area contributed by atoms with Crippen molar-refractivity contribution in [1.29, 1.82) is 0 Å². The van der Waals surface area contributed by atoms with E-state index in [9.17, 15) is 13.2 Å². The maximum absolute atomic E-state index is 12.2. The number of rotatable bonds is 2.